The third-order valence-electron chi connectivity index (χ3n) is 6.28. The van der Waals surface area contributed by atoms with Crippen LogP contribution in [0.2, 0.25) is 0 Å². The number of benzene rings is 2. The van der Waals surface area contributed by atoms with Crippen molar-refractivity contribution in [2.24, 2.45) is 0 Å². The summed E-state index contributed by atoms with van der Waals surface area (Å²) in [5, 5.41) is 10.9. The normalized spacial score (nSPS) is 14.8. The van der Waals surface area contributed by atoms with E-state index in [0.717, 1.165) is 29.7 Å². The zero-order chi connectivity index (χ0) is 22.9. The summed E-state index contributed by atoms with van der Waals surface area (Å²) >= 11 is 0. The summed E-state index contributed by atoms with van der Waals surface area (Å²) in [6.07, 6.45) is 2.52. The highest BCUT2D eigenvalue weighted by molar-refractivity contribution is 5.77. The van der Waals surface area contributed by atoms with E-state index in [1.54, 1.807) is 0 Å². The zero-order valence-electron chi connectivity index (χ0n) is 17.9. The third-order valence-corrected chi connectivity index (χ3v) is 6.28. The molecule has 1 aliphatic rings. The molecule has 0 unspecified atom stereocenters. The number of aryl methyl sites for hydroxylation is 1. The lowest BCUT2D eigenvalue weighted by Crippen LogP contribution is -2.38. The Kier molecular flexibility index (Phi) is 5.41. The molecule has 0 atom stereocenters. The van der Waals surface area contributed by atoms with Gasteiger partial charge in [-0.05, 0) is 37.5 Å². The van der Waals surface area contributed by atoms with E-state index >= 15 is 0 Å². The third kappa shape index (κ3) is 4.11. The Morgan fingerprint density at radius 1 is 1.21 bits per heavy atom. The van der Waals surface area contributed by atoms with Gasteiger partial charge in [-0.3, -0.25) is 19.5 Å². The summed E-state index contributed by atoms with van der Waals surface area (Å²) in [6, 6.07) is 12.0. The molecule has 3 heterocycles. The monoisotopic (exact) mass is 449 g/mol. The van der Waals surface area contributed by atoms with Crippen LogP contribution in [0.25, 0.3) is 22.1 Å². The molecule has 0 saturated carbocycles. The highest BCUT2D eigenvalue weighted by atomic mass is 16.6. The molecular formula is C23H23N5O5. The first-order valence-electron chi connectivity index (χ1n) is 11.0. The number of rotatable bonds is 6. The summed E-state index contributed by atoms with van der Waals surface area (Å²) in [5.74, 6) is 0.773. The number of amides is 1. The number of aromatic amines is 1. The van der Waals surface area contributed by atoms with Gasteiger partial charge in [-0.2, -0.15) is 0 Å². The number of carbonyl (C=O) groups excluding carboxylic acids is 1. The molecule has 2 aromatic carbocycles. The molecule has 1 N–H and O–H groups in total. The number of carbonyl (C=O) groups is 1. The van der Waals surface area contributed by atoms with E-state index in [2.05, 4.69) is 4.98 Å². The maximum Gasteiger partial charge on any atom is 0.419 e. The summed E-state index contributed by atoms with van der Waals surface area (Å²) in [4.78, 5) is 45.2. The Bertz CT molecular complexity index is 1360. The lowest BCUT2D eigenvalue weighted by molar-refractivity contribution is -0.384. The van der Waals surface area contributed by atoms with Crippen molar-refractivity contribution in [3.8, 4) is 0 Å². The van der Waals surface area contributed by atoms with Crippen LogP contribution in [0.5, 0.6) is 0 Å². The molecular weight excluding hydrogens is 426 g/mol. The van der Waals surface area contributed by atoms with Gasteiger partial charge in [0.2, 0.25) is 5.91 Å². The van der Waals surface area contributed by atoms with Crippen molar-refractivity contribution in [1.29, 1.82) is 0 Å². The fourth-order valence-corrected chi connectivity index (χ4v) is 4.50. The van der Waals surface area contributed by atoms with Crippen LogP contribution < -0.4 is 5.76 Å². The van der Waals surface area contributed by atoms with Gasteiger partial charge in [-0.25, -0.2) is 9.78 Å². The minimum absolute atomic E-state index is 0.0644. The van der Waals surface area contributed by atoms with Gasteiger partial charge in [0, 0.05) is 38.0 Å². The van der Waals surface area contributed by atoms with Gasteiger partial charge in [0.1, 0.15) is 5.82 Å². The molecule has 1 fully saturated rings. The fraction of sp³-hybridized carbons (Fsp3) is 0.348. The van der Waals surface area contributed by atoms with Crippen LogP contribution in [-0.2, 0) is 11.3 Å². The maximum absolute atomic E-state index is 12.7. The number of hydrogen-bond acceptors (Lipinski definition) is 6. The number of nitro benzene ring substituents is 1. The molecule has 1 amide bonds. The lowest BCUT2D eigenvalue weighted by atomic mass is 9.96. The molecule has 1 aliphatic heterocycles. The molecule has 0 aliphatic carbocycles. The molecule has 0 radical (unpaired) electrons. The van der Waals surface area contributed by atoms with Crippen molar-refractivity contribution in [2.75, 3.05) is 13.1 Å². The van der Waals surface area contributed by atoms with Gasteiger partial charge in [-0.1, -0.05) is 12.1 Å². The maximum atomic E-state index is 12.7. The number of oxazole rings is 1. The number of piperidine rings is 1. The minimum Gasteiger partial charge on any atom is -0.407 e. The summed E-state index contributed by atoms with van der Waals surface area (Å²) in [5.41, 5.74) is 2.52. The number of H-pyrrole nitrogens is 1. The smallest absolute Gasteiger partial charge is 0.407 e. The molecule has 1 saturated heterocycles. The van der Waals surface area contributed by atoms with Crippen LogP contribution >= 0.6 is 0 Å². The summed E-state index contributed by atoms with van der Waals surface area (Å²) < 4.78 is 6.55. The molecule has 10 heteroatoms. The molecule has 4 aromatic rings. The predicted octanol–water partition coefficient (Wildman–Crippen LogP) is 3.57. The Balaban J connectivity index is 1.16. The van der Waals surface area contributed by atoms with E-state index in [0.29, 0.717) is 43.9 Å². The fourth-order valence-electron chi connectivity index (χ4n) is 4.50. The van der Waals surface area contributed by atoms with Crippen molar-refractivity contribution < 1.29 is 14.1 Å². The number of nitrogens with zero attached hydrogens (tertiary/aromatic N) is 4. The summed E-state index contributed by atoms with van der Waals surface area (Å²) in [7, 11) is 0. The Hall–Kier alpha value is -3.95. The van der Waals surface area contributed by atoms with Crippen LogP contribution in [0.4, 0.5) is 5.69 Å². The quantitative estimate of drug-likeness (QED) is 0.354. The summed E-state index contributed by atoms with van der Waals surface area (Å²) in [6.45, 7) is 1.67. The largest absolute Gasteiger partial charge is 0.419 e. The number of nitro groups is 1. The van der Waals surface area contributed by atoms with E-state index in [1.807, 2.05) is 29.2 Å². The van der Waals surface area contributed by atoms with Crippen LogP contribution in [0.15, 0.2) is 51.7 Å². The highest BCUT2D eigenvalue weighted by Gasteiger charge is 2.25. The standard InChI is InChI=1S/C23H23N5O5/c29-21(6-3-11-27-19-8-7-16(28(31)32)14-20(19)33-23(27)30)26-12-9-15(10-13-26)22-24-17-4-1-2-5-18(17)25-22/h1-2,4-5,7-8,14-15H,3,6,9-13H2,(H,24,25). The number of likely N-dealkylation sites (tertiary alicyclic amines) is 1. The van der Waals surface area contributed by atoms with Gasteiger partial charge < -0.3 is 14.3 Å². The molecule has 33 heavy (non-hydrogen) atoms. The van der Waals surface area contributed by atoms with Crippen molar-refractivity contribution >= 4 is 33.7 Å². The first-order valence-corrected chi connectivity index (χ1v) is 11.0. The van der Waals surface area contributed by atoms with Crippen molar-refractivity contribution in [2.45, 2.75) is 38.1 Å². The number of nitrogens with one attached hydrogen (secondary N) is 1. The molecule has 10 nitrogen and oxygen atoms in total. The van der Waals surface area contributed by atoms with E-state index < -0.39 is 10.7 Å². The number of imidazole rings is 1. The molecule has 5 rings (SSSR count). The number of aromatic nitrogens is 3. The average molecular weight is 449 g/mol. The van der Waals surface area contributed by atoms with Gasteiger partial charge in [0.25, 0.3) is 5.69 Å². The van der Waals surface area contributed by atoms with Crippen LogP contribution in [-0.4, -0.2) is 43.4 Å². The first kappa shape index (κ1) is 20.9. The lowest BCUT2D eigenvalue weighted by Gasteiger charge is -2.31. The van der Waals surface area contributed by atoms with E-state index in [1.165, 1.54) is 22.8 Å². The number of fused-ring (bicyclic) bond motifs is 2. The molecule has 0 spiro atoms. The van der Waals surface area contributed by atoms with Crippen molar-refractivity contribution in [1.82, 2.24) is 19.4 Å². The molecule has 170 valence electrons. The van der Waals surface area contributed by atoms with Crippen molar-refractivity contribution in [3.05, 3.63) is 69.0 Å². The molecule has 2 aromatic heterocycles. The van der Waals surface area contributed by atoms with Gasteiger partial charge in [0.15, 0.2) is 5.58 Å². The highest BCUT2D eigenvalue weighted by Crippen LogP contribution is 2.28. The second-order valence-corrected chi connectivity index (χ2v) is 8.33. The van der Waals surface area contributed by atoms with Gasteiger partial charge in [0.05, 0.1) is 27.5 Å². The Morgan fingerprint density at radius 2 is 2.00 bits per heavy atom. The predicted molar refractivity (Wildman–Crippen MR) is 121 cm³/mol. The van der Waals surface area contributed by atoms with E-state index in [4.69, 9.17) is 9.40 Å². The average Bonchev–Trinajstić information content (AvgIpc) is 3.39. The van der Waals surface area contributed by atoms with Gasteiger partial charge >= 0.3 is 5.76 Å². The topological polar surface area (TPSA) is 127 Å². The van der Waals surface area contributed by atoms with Crippen LogP contribution in [0.1, 0.15) is 37.4 Å². The van der Waals surface area contributed by atoms with E-state index in [-0.39, 0.29) is 17.2 Å². The van der Waals surface area contributed by atoms with Crippen LogP contribution in [0.3, 0.4) is 0 Å². The molecule has 0 bridgehead atoms. The number of hydrogen-bond donors (Lipinski definition) is 1. The van der Waals surface area contributed by atoms with Crippen LogP contribution in [0, 0.1) is 10.1 Å². The first-order chi connectivity index (χ1) is 16.0. The second-order valence-electron chi connectivity index (χ2n) is 8.33. The zero-order valence-corrected chi connectivity index (χ0v) is 17.9. The minimum atomic E-state index is -0.579. The Labute approximate surface area is 188 Å². The number of non-ortho nitro benzene ring substituents is 1. The number of para-hydroxylation sites is 2. The second kappa shape index (κ2) is 8.53. The Morgan fingerprint density at radius 3 is 2.76 bits per heavy atom. The SMILES string of the molecule is O=C(CCCn1c(=O)oc2cc([N+](=O)[O-])ccc21)N1CCC(c2nc3ccccc3[nH]2)CC1. The van der Waals surface area contributed by atoms with Crippen molar-refractivity contribution in [3.63, 3.8) is 0 Å². The van der Waals surface area contributed by atoms with Gasteiger partial charge in [-0.15, -0.1) is 0 Å². The van der Waals surface area contributed by atoms with E-state index in [9.17, 15) is 19.7 Å².